The SMILES string of the molecule is O.O=C(O)CC(O)(CC(=O)O)C(=O)O.[Li].[Li].[Li]. The summed E-state index contributed by atoms with van der Waals surface area (Å²) in [6.07, 6.45) is -2.29. The van der Waals surface area contributed by atoms with Gasteiger partial charge in [0.05, 0.1) is 12.8 Å². The molecule has 0 aromatic heterocycles. The summed E-state index contributed by atoms with van der Waals surface area (Å²) in [6.45, 7) is 0. The number of carboxylic acids is 3. The summed E-state index contributed by atoms with van der Waals surface area (Å²) in [5.74, 6) is -5.02. The fourth-order valence-corrected chi connectivity index (χ4v) is 0.714. The molecule has 0 fully saturated rings. The summed E-state index contributed by atoms with van der Waals surface area (Å²) >= 11 is 0. The van der Waals surface area contributed by atoms with E-state index in [0.717, 1.165) is 0 Å². The maximum atomic E-state index is 10.3. The van der Waals surface area contributed by atoms with Crippen LogP contribution in [0.15, 0.2) is 0 Å². The number of aliphatic hydroxyl groups is 1. The second-order valence-corrected chi connectivity index (χ2v) is 2.48. The molecule has 8 nitrogen and oxygen atoms in total. The van der Waals surface area contributed by atoms with E-state index in [9.17, 15) is 14.4 Å². The normalized spacial score (nSPS) is 8.29. The van der Waals surface area contributed by atoms with Crippen LogP contribution in [-0.2, 0) is 14.4 Å². The number of carboxylic acid groups (broad SMARTS) is 3. The van der Waals surface area contributed by atoms with Crippen LogP contribution in [0.25, 0.3) is 0 Å². The average molecular weight is 231 g/mol. The Kier molecular flexibility index (Phi) is 22.4. The van der Waals surface area contributed by atoms with E-state index >= 15 is 0 Å². The molecule has 0 rings (SSSR count). The maximum absolute atomic E-state index is 10.3. The molecule has 0 saturated heterocycles. The maximum Gasteiger partial charge on any atom is 0.336 e. The van der Waals surface area contributed by atoms with Crippen molar-refractivity contribution < 1.29 is 40.3 Å². The summed E-state index contributed by atoms with van der Waals surface area (Å²) < 4.78 is 0. The molecule has 17 heavy (non-hydrogen) atoms. The minimum Gasteiger partial charge on any atom is -0.481 e. The molecule has 0 aromatic rings. The molecule has 0 aliphatic heterocycles. The van der Waals surface area contributed by atoms with Crippen molar-refractivity contribution in [3.05, 3.63) is 0 Å². The molecule has 0 unspecified atom stereocenters. The summed E-state index contributed by atoms with van der Waals surface area (Å²) in [7, 11) is 0. The molecular weight excluding hydrogens is 221 g/mol. The number of hydrogen-bond acceptors (Lipinski definition) is 4. The van der Waals surface area contributed by atoms with E-state index in [1.807, 2.05) is 0 Å². The largest absolute Gasteiger partial charge is 0.481 e. The molecule has 0 bridgehead atoms. The van der Waals surface area contributed by atoms with Crippen LogP contribution >= 0.6 is 0 Å². The molecule has 0 aliphatic rings. The number of hydrogen-bond donors (Lipinski definition) is 4. The molecule has 0 aromatic carbocycles. The molecule has 6 N–H and O–H groups in total. The van der Waals surface area contributed by atoms with Gasteiger partial charge in [0.25, 0.3) is 0 Å². The second-order valence-electron chi connectivity index (χ2n) is 2.48. The van der Waals surface area contributed by atoms with Crippen LogP contribution in [0, 0.1) is 0 Å². The Morgan fingerprint density at radius 1 is 0.824 bits per heavy atom. The molecule has 0 heterocycles. The van der Waals surface area contributed by atoms with Crippen LogP contribution in [0.1, 0.15) is 12.8 Å². The Balaban J connectivity index is -0.000000120. The topological polar surface area (TPSA) is 164 Å². The molecule has 0 atom stereocenters. The molecule has 0 saturated carbocycles. The monoisotopic (exact) mass is 231 g/mol. The first-order valence-corrected chi connectivity index (χ1v) is 3.17. The van der Waals surface area contributed by atoms with Gasteiger partial charge in [0.1, 0.15) is 0 Å². The van der Waals surface area contributed by atoms with Gasteiger partial charge < -0.3 is 25.9 Å². The van der Waals surface area contributed by atoms with E-state index in [0.29, 0.717) is 0 Å². The van der Waals surface area contributed by atoms with Crippen molar-refractivity contribution in [1.29, 1.82) is 0 Å². The molecule has 3 radical (unpaired) electrons. The Morgan fingerprint density at radius 3 is 1.18 bits per heavy atom. The zero-order valence-corrected chi connectivity index (χ0v) is 9.93. The molecule has 0 amide bonds. The predicted molar refractivity (Wildman–Crippen MR) is 58.0 cm³/mol. The van der Waals surface area contributed by atoms with Crippen LogP contribution in [-0.4, -0.2) is 106 Å². The fourth-order valence-electron chi connectivity index (χ4n) is 0.714. The van der Waals surface area contributed by atoms with E-state index in [1.54, 1.807) is 0 Å². The van der Waals surface area contributed by atoms with Gasteiger partial charge in [-0.2, -0.15) is 0 Å². The van der Waals surface area contributed by atoms with Crippen molar-refractivity contribution in [2.75, 3.05) is 0 Å². The third kappa shape index (κ3) is 12.4. The quantitative estimate of drug-likeness (QED) is 0.361. The summed E-state index contributed by atoms with van der Waals surface area (Å²) in [5.41, 5.74) is -2.74. The third-order valence-electron chi connectivity index (χ3n) is 1.29. The van der Waals surface area contributed by atoms with Crippen LogP contribution in [0.2, 0.25) is 0 Å². The zero-order valence-electron chi connectivity index (χ0n) is 9.93. The number of rotatable bonds is 5. The van der Waals surface area contributed by atoms with E-state index in [2.05, 4.69) is 0 Å². The van der Waals surface area contributed by atoms with E-state index in [-0.39, 0.29) is 62.1 Å². The molecular formula is C6H10Li3O8. The van der Waals surface area contributed by atoms with Gasteiger partial charge in [-0.1, -0.05) is 0 Å². The van der Waals surface area contributed by atoms with Crippen molar-refractivity contribution in [2.45, 2.75) is 18.4 Å². The van der Waals surface area contributed by atoms with E-state index in [1.165, 1.54) is 0 Å². The molecule has 0 spiro atoms. The molecule has 0 aliphatic carbocycles. The first-order chi connectivity index (χ1) is 5.78. The third-order valence-corrected chi connectivity index (χ3v) is 1.29. The first kappa shape index (κ1) is 30.3. The van der Waals surface area contributed by atoms with Crippen molar-refractivity contribution in [3.8, 4) is 0 Å². The van der Waals surface area contributed by atoms with Gasteiger partial charge in [-0.05, 0) is 0 Å². The number of aliphatic carboxylic acids is 3. The van der Waals surface area contributed by atoms with Crippen LogP contribution in [0.3, 0.4) is 0 Å². The Hall–Kier alpha value is 0.122. The van der Waals surface area contributed by atoms with Gasteiger partial charge in [-0.25, -0.2) is 4.79 Å². The molecule has 85 valence electrons. The minimum absolute atomic E-state index is 0. The Labute approximate surface area is 133 Å². The summed E-state index contributed by atoms with van der Waals surface area (Å²) in [6, 6.07) is 0. The van der Waals surface area contributed by atoms with Gasteiger partial charge in [-0.15, -0.1) is 0 Å². The van der Waals surface area contributed by atoms with Gasteiger partial charge in [0.15, 0.2) is 5.60 Å². The van der Waals surface area contributed by atoms with E-state index < -0.39 is 36.4 Å². The predicted octanol–water partition coefficient (Wildman–Crippen LogP) is -3.22. The molecule has 11 heteroatoms. The van der Waals surface area contributed by atoms with Crippen molar-refractivity contribution in [3.63, 3.8) is 0 Å². The van der Waals surface area contributed by atoms with Crippen LogP contribution < -0.4 is 0 Å². The standard InChI is InChI=1S/C6H8O7.3Li.H2O/c7-3(8)1-6(13,5(11)12)2-4(9)10;;;;/h13H,1-2H2,(H,7,8)(H,9,10)(H,11,12);;;;1H2. The Bertz CT molecular complexity index is 240. The van der Waals surface area contributed by atoms with Crippen molar-refractivity contribution in [1.82, 2.24) is 0 Å². The smallest absolute Gasteiger partial charge is 0.336 e. The van der Waals surface area contributed by atoms with Crippen LogP contribution in [0.4, 0.5) is 0 Å². The van der Waals surface area contributed by atoms with Crippen LogP contribution in [0.5, 0.6) is 0 Å². The minimum atomic E-state index is -2.74. The van der Waals surface area contributed by atoms with E-state index in [4.69, 9.17) is 20.4 Å². The average Bonchev–Trinajstić information content (AvgIpc) is 1.82. The van der Waals surface area contributed by atoms with Crippen molar-refractivity contribution in [2.24, 2.45) is 0 Å². The summed E-state index contributed by atoms with van der Waals surface area (Å²) in [5, 5.41) is 33.8. The zero-order chi connectivity index (χ0) is 10.6. The van der Waals surface area contributed by atoms with Gasteiger partial charge in [0, 0.05) is 56.6 Å². The number of carbonyl (C=O) groups is 3. The van der Waals surface area contributed by atoms with Gasteiger partial charge in [0.2, 0.25) is 0 Å². The van der Waals surface area contributed by atoms with Crippen molar-refractivity contribution >= 4 is 74.5 Å². The second kappa shape index (κ2) is 12.6. The first-order valence-electron chi connectivity index (χ1n) is 3.17. The fraction of sp³-hybridized carbons (Fsp3) is 0.500. The van der Waals surface area contributed by atoms with Gasteiger partial charge >= 0.3 is 17.9 Å². The Morgan fingerprint density at radius 2 is 1.06 bits per heavy atom. The van der Waals surface area contributed by atoms with Gasteiger partial charge in [-0.3, -0.25) is 9.59 Å². The summed E-state index contributed by atoms with van der Waals surface area (Å²) in [4.78, 5) is 30.5.